The molecule has 0 spiro atoms. The van der Waals surface area contributed by atoms with Crippen LogP contribution in [-0.4, -0.2) is 33.0 Å². The first-order valence-electron chi connectivity index (χ1n) is 12.0. The van der Waals surface area contributed by atoms with Crippen LogP contribution in [0, 0.1) is 6.92 Å². The maximum absolute atomic E-state index is 13.3. The van der Waals surface area contributed by atoms with E-state index in [2.05, 4.69) is 10.0 Å². The highest BCUT2D eigenvalue weighted by atomic mass is 32.2. The molecule has 180 valence electrons. The summed E-state index contributed by atoms with van der Waals surface area (Å²) in [4.78, 5) is 13.4. The van der Waals surface area contributed by atoms with Crippen molar-refractivity contribution in [1.82, 2.24) is 10.0 Å². The fourth-order valence-corrected chi connectivity index (χ4v) is 5.58. The predicted molar refractivity (Wildman–Crippen MR) is 131 cm³/mol. The molecule has 0 aromatic heterocycles. The van der Waals surface area contributed by atoms with Gasteiger partial charge in [0.25, 0.3) is 0 Å². The molecule has 1 unspecified atom stereocenters. The smallest absolute Gasteiger partial charge is 0.241 e. The van der Waals surface area contributed by atoms with Crippen molar-refractivity contribution in [3.63, 3.8) is 0 Å². The maximum atomic E-state index is 13.3. The molecule has 2 aromatic rings. The number of benzene rings is 2. The number of carbonyl (C=O) groups is 1. The highest BCUT2D eigenvalue weighted by molar-refractivity contribution is 7.89. The van der Waals surface area contributed by atoms with E-state index in [1.165, 1.54) is 25.3 Å². The van der Waals surface area contributed by atoms with Gasteiger partial charge >= 0.3 is 0 Å². The molecule has 7 heteroatoms. The minimum absolute atomic E-state index is 0.0910. The lowest BCUT2D eigenvalue weighted by atomic mass is 9.96. The van der Waals surface area contributed by atoms with E-state index in [1.807, 2.05) is 44.2 Å². The van der Waals surface area contributed by atoms with Crippen molar-refractivity contribution in [2.75, 3.05) is 6.61 Å². The van der Waals surface area contributed by atoms with Gasteiger partial charge in [0.2, 0.25) is 15.9 Å². The molecule has 0 aliphatic heterocycles. The van der Waals surface area contributed by atoms with E-state index in [0.29, 0.717) is 12.4 Å². The van der Waals surface area contributed by atoms with Crippen molar-refractivity contribution in [1.29, 1.82) is 0 Å². The van der Waals surface area contributed by atoms with Crippen LogP contribution in [-0.2, 0) is 21.2 Å². The summed E-state index contributed by atoms with van der Waals surface area (Å²) in [6, 6.07) is 13.5. The average Bonchev–Trinajstić information content (AvgIpc) is 2.77. The van der Waals surface area contributed by atoms with Gasteiger partial charge in [0, 0.05) is 6.04 Å². The van der Waals surface area contributed by atoms with Gasteiger partial charge in [0.15, 0.2) is 0 Å². The molecular weight excluding hydrogens is 436 g/mol. The highest BCUT2D eigenvalue weighted by Gasteiger charge is 2.28. The van der Waals surface area contributed by atoms with E-state index >= 15 is 0 Å². The van der Waals surface area contributed by atoms with Crippen LogP contribution in [0.5, 0.6) is 5.75 Å². The Kier molecular flexibility index (Phi) is 9.32. The van der Waals surface area contributed by atoms with Gasteiger partial charge in [0.1, 0.15) is 11.8 Å². The lowest BCUT2D eigenvalue weighted by Crippen LogP contribution is -2.50. The first kappa shape index (κ1) is 25.2. The second kappa shape index (κ2) is 12.2. The fraction of sp³-hybridized carbons (Fsp3) is 0.500. The summed E-state index contributed by atoms with van der Waals surface area (Å²) in [6.45, 7) is 4.20. The van der Waals surface area contributed by atoms with Gasteiger partial charge in [-0.3, -0.25) is 4.79 Å². The molecular formula is C26H36N2O4S. The van der Waals surface area contributed by atoms with Crippen LogP contribution in [0.3, 0.4) is 0 Å². The van der Waals surface area contributed by atoms with Crippen molar-refractivity contribution in [2.45, 2.75) is 82.2 Å². The SMILES string of the molecule is CCOc1ccc(S(=O)(=O)NC(Cc2ccccc2)C(=O)NC2CCCCCCC2)cc1C. The zero-order chi connectivity index (χ0) is 23.7. The maximum Gasteiger partial charge on any atom is 0.241 e. The van der Waals surface area contributed by atoms with Crippen LogP contribution in [0.15, 0.2) is 53.4 Å². The monoisotopic (exact) mass is 472 g/mol. The highest BCUT2D eigenvalue weighted by Crippen LogP contribution is 2.22. The molecule has 1 aliphatic rings. The molecule has 6 nitrogen and oxygen atoms in total. The Balaban J connectivity index is 1.79. The lowest BCUT2D eigenvalue weighted by Gasteiger charge is -2.25. The van der Waals surface area contributed by atoms with E-state index in [0.717, 1.165) is 36.8 Å². The van der Waals surface area contributed by atoms with Crippen LogP contribution in [0.25, 0.3) is 0 Å². The molecule has 0 bridgehead atoms. The third-order valence-corrected chi connectivity index (χ3v) is 7.57. The van der Waals surface area contributed by atoms with E-state index in [-0.39, 0.29) is 23.3 Å². The second-order valence-corrected chi connectivity index (χ2v) is 10.5. The number of carbonyl (C=O) groups excluding carboxylic acids is 1. The van der Waals surface area contributed by atoms with Crippen molar-refractivity contribution in [2.24, 2.45) is 0 Å². The Labute approximate surface area is 198 Å². The first-order chi connectivity index (χ1) is 15.9. The van der Waals surface area contributed by atoms with Crippen LogP contribution in [0.1, 0.15) is 63.0 Å². The molecule has 2 N–H and O–H groups in total. The summed E-state index contributed by atoms with van der Waals surface area (Å²) in [7, 11) is -3.90. The van der Waals surface area contributed by atoms with Crippen LogP contribution >= 0.6 is 0 Å². The lowest BCUT2D eigenvalue weighted by molar-refractivity contribution is -0.123. The number of nitrogens with one attached hydrogen (secondary N) is 2. The fourth-order valence-electron chi connectivity index (χ4n) is 4.30. The Morgan fingerprint density at radius 3 is 2.33 bits per heavy atom. The summed E-state index contributed by atoms with van der Waals surface area (Å²) in [5.41, 5.74) is 1.64. The zero-order valence-electron chi connectivity index (χ0n) is 19.7. The van der Waals surface area contributed by atoms with Gasteiger partial charge in [0.05, 0.1) is 11.5 Å². The number of aryl methyl sites for hydroxylation is 1. The number of rotatable bonds is 9. The van der Waals surface area contributed by atoms with Crippen molar-refractivity contribution in [3.05, 3.63) is 59.7 Å². The first-order valence-corrected chi connectivity index (χ1v) is 13.5. The Bertz CT molecular complexity index is 1000. The summed E-state index contributed by atoms with van der Waals surface area (Å²) >= 11 is 0. The van der Waals surface area contributed by atoms with Gasteiger partial charge in [-0.05, 0) is 62.4 Å². The predicted octanol–water partition coefficient (Wildman–Crippen LogP) is 4.51. The molecule has 1 fully saturated rings. The summed E-state index contributed by atoms with van der Waals surface area (Å²) in [5.74, 6) is 0.384. The van der Waals surface area contributed by atoms with Crippen LogP contribution < -0.4 is 14.8 Å². The topological polar surface area (TPSA) is 84.5 Å². The van der Waals surface area contributed by atoms with Crippen molar-refractivity contribution in [3.8, 4) is 5.75 Å². The number of ether oxygens (including phenoxy) is 1. The molecule has 1 amide bonds. The van der Waals surface area contributed by atoms with E-state index in [9.17, 15) is 13.2 Å². The molecule has 1 aliphatic carbocycles. The van der Waals surface area contributed by atoms with Gasteiger partial charge in [-0.2, -0.15) is 4.72 Å². The van der Waals surface area contributed by atoms with E-state index < -0.39 is 16.1 Å². The minimum atomic E-state index is -3.90. The van der Waals surface area contributed by atoms with Gasteiger partial charge in [-0.1, -0.05) is 62.4 Å². The normalized spacial score (nSPS) is 16.4. The quantitative estimate of drug-likeness (QED) is 0.562. The molecule has 33 heavy (non-hydrogen) atoms. The molecule has 1 atom stereocenters. The van der Waals surface area contributed by atoms with E-state index in [1.54, 1.807) is 12.1 Å². The Morgan fingerprint density at radius 2 is 1.70 bits per heavy atom. The number of hydrogen-bond donors (Lipinski definition) is 2. The zero-order valence-corrected chi connectivity index (χ0v) is 20.5. The molecule has 0 radical (unpaired) electrons. The van der Waals surface area contributed by atoms with Gasteiger partial charge in [-0.15, -0.1) is 0 Å². The average molecular weight is 473 g/mol. The van der Waals surface area contributed by atoms with Crippen LogP contribution in [0.4, 0.5) is 0 Å². The third kappa shape index (κ3) is 7.57. The number of hydrogen-bond acceptors (Lipinski definition) is 4. The molecule has 1 saturated carbocycles. The Morgan fingerprint density at radius 1 is 1.03 bits per heavy atom. The molecule has 3 rings (SSSR count). The number of amides is 1. The standard InChI is InChI=1S/C26H36N2O4S/c1-3-32-25-17-16-23(18-20(25)2)33(30,31)28-24(19-21-12-8-7-9-13-21)26(29)27-22-14-10-5-4-6-11-15-22/h7-9,12-13,16-18,22,24,28H,3-6,10-11,14-15,19H2,1-2H3,(H,27,29). The van der Waals surface area contributed by atoms with Crippen molar-refractivity contribution < 1.29 is 17.9 Å². The summed E-state index contributed by atoms with van der Waals surface area (Å²) in [6.07, 6.45) is 7.96. The largest absolute Gasteiger partial charge is 0.494 e. The molecule has 0 saturated heterocycles. The van der Waals surface area contributed by atoms with Crippen LogP contribution in [0.2, 0.25) is 0 Å². The minimum Gasteiger partial charge on any atom is -0.494 e. The molecule has 0 heterocycles. The second-order valence-electron chi connectivity index (χ2n) is 8.77. The number of sulfonamides is 1. The Hall–Kier alpha value is -2.38. The summed E-state index contributed by atoms with van der Waals surface area (Å²) < 4.78 is 34.6. The van der Waals surface area contributed by atoms with Gasteiger partial charge < -0.3 is 10.1 Å². The van der Waals surface area contributed by atoms with Crippen molar-refractivity contribution >= 4 is 15.9 Å². The summed E-state index contributed by atoms with van der Waals surface area (Å²) in [5, 5.41) is 3.13. The van der Waals surface area contributed by atoms with E-state index in [4.69, 9.17) is 4.74 Å². The third-order valence-electron chi connectivity index (χ3n) is 6.10. The molecule has 2 aromatic carbocycles. The van der Waals surface area contributed by atoms with Gasteiger partial charge in [-0.25, -0.2) is 8.42 Å².